The van der Waals surface area contributed by atoms with E-state index in [0.29, 0.717) is 34.7 Å². The minimum Gasteiger partial charge on any atom is -0.497 e. The van der Waals surface area contributed by atoms with Crippen molar-refractivity contribution in [2.75, 3.05) is 12.4 Å². The van der Waals surface area contributed by atoms with Gasteiger partial charge in [-0.3, -0.25) is 14.5 Å². The number of nitrogens with zero attached hydrogens (tertiary/aromatic N) is 2. The highest BCUT2D eigenvalue weighted by atomic mass is 35.5. The van der Waals surface area contributed by atoms with Gasteiger partial charge >= 0.3 is 0 Å². The molecule has 8 heteroatoms. The average molecular weight is 494 g/mol. The number of hydrogen-bond acceptors (Lipinski definition) is 4. The summed E-state index contributed by atoms with van der Waals surface area (Å²) in [5.74, 6) is 0.238. The zero-order valence-corrected chi connectivity index (χ0v) is 20.2. The van der Waals surface area contributed by atoms with E-state index >= 15 is 0 Å². The van der Waals surface area contributed by atoms with E-state index in [9.17, 15) is 9.59 Å². The van der Waals surface area contributed by atoms with Gasteiger partial charge in [0, 0.05) is 17.3 Å². The predicted octanol–water partition coefficient (Wildman–Crippen LogP) is 4.88. The van der Waals surface area contributed by atoms with Crippen LogP contribution >= 0.6 is 23.8 Å². The first-order valence-corrected chi connectivity index (χ1v) is 11.6. The Morgan fingerprint density at radius 1 is 0.971 bits per heavy atom. The van der Waals surface area contributed by atoms with E-state index in [1.807, 2.05) is 47.4 Å². The van der Waals surface area contributed by atoms with Gasteiger partial charge in [0.05, 0.1) is 20.1 Å². The summed E-state index contributed by atoms with van der Waals surface area (Å²) in [6, 6.07) is 23.4. The molecular weight excluding hydrogens is 470 g/mol. The number of halogens is 1. The number of methoxy groups -OCH3 is 1. The number of ether oxygens (including phenoxy) is 1. The van der Waals surface area contributed by atoms with Gasteiger partial charge in [-0.25, -0.2) is 0 Å². The van der Waals surface area contributed by atoms with Crippen molar-refractivity contribution < 1.29 is 14.3 Å². The molecule has 1 saturated heterocycles. The molecule has 0 aliphatic carbocycles. The fourth-order valence-corrected chi connectivity index (χ4v) is 4.30. The molecule has 174 valence electrons. The lowest BCUT2D eigenvalue weighted by atomic mass is 10.1. The summed E-state index contributed by atoms with van der Waals surface area (Å²) in [7, 11) is 1.58. The van der Waals surface area contributed by atoms with Gasteiger partial charge in [0.1, 0.15) is 11.8 Å². The van der Waals surface area contributed by atoms with Crippen LogP contribution in [0.1, 0.15) is 17.5 Å². The Balaban J connectivity index is 1.53. The molecule has 0 saturated carbocycles. The Hall–Kier alpha value is -3.42. The minimum atomic E-state index is -0.704. The molecule has 0 radical (unpaired) electrons. The number of hydrogen-bond donors (Lipinski definition) is 1. The predicted molar refractivity (Wildman–Crippen MR) is 137 cm³/mol. The van der Waals surface area contributed by atoms with E-state index in [2.05, 4.69) is 5.32 Å². The van der Waals surface area contributed by atoms with Gasteiger partial charge in [-0.2, -0.15) is 0 Å². The molecule has 4 rings (SSSR count). The lowest BCUT2D eigenvalue weighted by molar-refractivity contribution is -0.131. The number of thiocarbonyl (C=S) groups is 1. The molecule has 1 aliphatic heterocycles. The second-order valence-corrected chi connectivity index (χ2v) is 8.75. The van der Waals surface area contributed by atoms with E-state index in [1.54, 1.807) is 48.4 Å². The third-order valence-corrected chi connectivity index (χ3v) is 6.31. The fraction of sp³-hybridized carbons (Fsp3) is 0.192. The SMILES string of the molecule is COc1ccc(NC(=O)CC2C(=O)N(Cc3ccccc3)C(=S)N2Cc2ccc(Cl)cc2)cc1. The zero-order valence-electron chi connectivity index (χ0n) is 18.6. The third-order valence-electron chi connectivity index (χ3n) is 5.61. The Morgan fingerprint density at radius 3 is 2.26 bits per heavy atom. The van der Waals surface area contributed by atoms with Crippen molar-refractivity contribution >= 4 is 46.4 Å². The van der Waals surface area contributed by atoms with Crippen molar-refractivity contribution in [1.82, 2.24) is 9.80 Å². The summed E-state index contributed by atoms with van der Waals surface area (Å²) < 4.78 is 5.15. The lowest BCUT2D eigenvalue weighted by Crippen LogP contribution is -2.37. The van der Waals surface area contributed by atoms with Gasteiger partial charge in [0.25, 0.3) is 5.91 Å². The molecule has 3 aromatic rings. The van der Waals surface area contributed by atoms with E-state index in [-0.39, 0.29) is 18.2 Å². The highest BCUT2D eigenvalue weighted by molar-refractivity contribution is 7.80. The van der Waals surface area contributed by atoms with Crippen molar-refractivity contribution in [3.63, 3.8) is 0 Å². The molecule has 1 atom stereocenters. The highest BCUT2D eigenvalue weighted by Gasteiger charge is 2.43. The van der Waals surface area contributed by atoms with Crippen molar-refractivity contribution in [3.05, 3.63) is 95.0 Å². The normalized spacial score (nSPS) is 15.5. The number of carbonyl (C=O) groups excluding carboxylic acids is 2. The standard InChI is InChI=1S/C26H24ClN3O3S/c1-33-22-13-11-21(12-14-22)28-24(31)15-23-25(32)30(17-18-5-3-2-4-6-18)26(34)29(23)16-19-7-9-20(27)10-8-19/h2-14,23H,15-17H2,1H3,(H,28,31). The second-order valence-electron chi connectivity index (χ2n) is 7.94. The number of benzene rings is 3. The number of nitrogens with one attached hydrogen (secondary N) is 1. The minimum absolute atomic E-state index is 0.0239. The van der Waals surface area contributed by atoms with Crippen LogP contribution in [-0.2, 0) is 22.7 Å². The maximum absolute atomic E-state index is 13.4. The maximum atomic E-state index is 13.4. The van der Waals surface area contributed by atoms with Crippen LogP contribution in [0.2, 0.25) is 5.02 Å². The molecule has 1 aliphatic rings. The summed E-state index contributed by atoms with van der Waals surface area (Å²) in [6.45, 7) is 0.750. The average Bonchev–Trinajstić information content (AvgIpc) is 3.05. The summed E-state index contributed by atoms with van der Waals surface area (Å²) >= 11 is 11.7. The monoisotopic (exact) mass is 493 g/mol. The summed E-state index contributed by atoms with van der Waals surface area (Å²) in [6.07, 6.45) is -0.0239. The van der Waals surface area contributed by atoms with E-state index in [0.717, 1.165) is 11.1 Å². The van der Waals surface area contributed by atoms with Crippen molar-refractivity contribution in [3.8, 4) is 5.75 Å². The van der Waals surface area contributed by atoms with Crippen LogP contribution in [0.5, 0.6) is 5.75 Å². The Kier molecular flexibility index (Phi) is 7.45. The van der Waals surface area contributed by atoms with Gasteiger partial charge in [0.2, 0.25) is 5.91 Å². The molecular formula is C26H24ClN3O3S. The molecule has 2 amide bonds. The molecule has 3 aromatic carbocycles. The summed E-state index contributed by atoms with van der Waals surface area (Å²) in [4.78, 5) is 29.7. The molecule has 0 aromatic heterocycles. The quantitative estimate of drug-likeness (QED) is 0.453. The topological polar surface area (TPSA) is 61.9 Å². The molecule has 1 heterocycles. The molecule has 1 unspecified atom stereocenters. The van der Waals surface area contributed by atoms with Gasteiger partial charge in [0.15, 0.2) is 5.11 Å². The van der Waals surface area contributed by atoms with Gasteiger partial charge in [-0.05, 0) is 59.7 Å². The van der Waals surface area contributed by atoms with Gasteiger partial charge in [-0.15, -0.1) is 0 Å². The molecule has 0 bridgehead atoms. The van der Waals surface area contributed by atoms with Crippen molar-refractivity contribution in [1.29, 1.82) is 0 Å². The maximum Gasteiger partial charge on any atom is 0.252 e. The van der Waals surface area contributed by atoms with E-state index in [1.165, 1.54) is 0 Å². The highest BCUT2D eigenvalue weighted by Crippen LogP contribution is 2.26. The van der Waals surface area contributed by atoms with E-state index < -0.39 is 6.04 Å². The molecule has 0 spiro atoms. The Bertz CT molecular complexity index is 1170. The Labute approximate surface area is 209 Å². The van der Waals surface area contributed by atoms with Crippen molar-refractivity contribution in [2.45, 2.75) is 25.6 Å². The van der Waals surface area contributed by atoms with Crippen LogP contribution in [-0.4, -0.2) is 39.9 Å². The van der Waals surface area contributed by atoms with Gasteiger partial charge < -0.3 is 15.0 Å². The van der Waals surface area contributed by atoms with Crippen LogP contribution in [0.25, 0.3) is 0 Å². The smallest absolute Gasteiger partial charge is 0.252 e. The molecule has 34 heavy (non-hydrogen) atoms. The van der Waals surface area contributed by atoms with Crippen LogP contribution in [0.4, 0.5) is 5.69 Å². The van der Waals surface area contributed by atoms with Gasteiger partial charge in [-0.1, -0.05) is 54.1 Å². The lowest BCUT2D eigenvalue weighted by Gasteiger charge is -2.24. The molecule has 6 nitrogen and oxygen atoms in total. The van der Waals surface area contributed by atoms with Crippen LogP contribution in [0.15, 0.2) is 78.9 Å². The summed E-state index contributed by atoms with van der Waals surface area (Å²) in [5.41, 5.74) is 2.54. The van der Waals surface area contributed by atoms with Crippen LogP contribution in [0.3, 0.4) is 0 Å². The van der Waals surface area contributed by atoms with Crippen molar-refractivity contribution in [2.24, 2.45) is 0 Å². The third kappa shape index (κ3) is 5.55. The largest absolute Gasteiger partial charge is 0.497 e. The summed E-state index contributed by atoms with van der Waals surface area (Å²) in [5, 5.41) is 3.90. The second kappa shape index (κ2) is 10.7. The number of amides is 2. The number of rotatable bonds is 8. The zero-order chi connectivity index (χ0) is 24.1. The fourth-order valence-electron chi connectivity index (χ4n) is 3.83. The molecule has 1 N–H and O–H groups in total. The first-order chi connectivity index (χ1) is 16.4. The number of carbonyl (C=O) groups is 2. The first-order valence-electron chi connectivity index (χ1n) is 10.8. The number of anilines is 1. The van der Waals surface area contributed by atoms with E-state index in [4.69, 9.17) is 28.6 Å². The van der Waals surface area contributed by atoms with Crippen LogP contribution in [0, 0.1) is 0 Å². The first kappa shape index (κ1) is 23.7. The van der Waals surface area contributed by atoms with Crippen LogP contribution < -0.4 is 10.1 Å². The molecule has 1 fully saturated rings. The Morgan fingerprint density at radius 2 is 1.62 bits per heavy atom.